The standard InChI is InChI=1S/C20H22ClF2N2O6PS.C18H18ClF2N2O8PS/c1-32(2,27)31-15-11-25(7-8-30-12-15)33(28,29)19-9-13(3-5-18(19)23)20(26)24-14-4-6-17(22)16(21)10-14;19-14-8-12(2-4-15(14)20)22-18(24)11-1-3-16(21)17(7-11)33(28,29)23-5-6-30-10-13(9-23)31-32(25,26)27/h3-6,9-10,15H,7-8,11-12H2,1-2H3,(H,24,26);1-4,7-8,13H,5-6,9-10H2,(H,22,24)(H2,25,26,27). The molecule has 0 bridgehead atoms. The number of nitrogens with zero attached hydrogens (tertiary/aromatic N) is 2. The fourth-order valence-corrected chi connectivity index (χ4v) is 11.0. The van der Waals surface area contributed by atoms with Crippen LogP contribution >= 0.6 is 38.4 Å². The van der Waals surface area contributed by atoms with Gasteiger partial charge in [0.05, 0.1) is 36.5 Å². The summed E-state index contributed by atoms with van der Waals surface area (Å²) in [5, 5.41) is 4.40. The molecule has 4 aromatic rings. The second-order valence-electron chi connectivity index (χ2n) is 14.5. The molecule has 0 aliphatic carbocycles. The van der Waals surface area contributed by atoms with Crippen LogP contribution in [0.2, 0.25) is 10.0 Å². The van der Waals surface area contributed by atoms with E-state index in [1.807, 2.05) is 0 Å². The predicted octanol–water partition coefficient (Wildman–Crippen LogP) is 6.18. The smallest absolute Gasteiger partial charge is 0.377 e. The van der Waals surface area contributed by atoms with Crippen LogP contribution in [0.15, 0.2) is 82.6 Å². The minimum absolute atomic E-state index is 0.0306. The molecule has 2 aliphatic heterocycles. The molecule has 18 nitrogen and oxygen atoms in total. The molecule has 2 fully saturated rings. The lowest BCUT2D eigenvalue weighted by Crippen LogP contribution is -2.39. The van der Waals surface area contributed by atoms with Crippen molar-refractivity contribution in [1.29, 1.82) is 0 Å². The van der Waals surface area contributed by atoms with Crippen molar-refractivity contribution in [2.75, 3.05) is 76.6 Å². The number of benzene rings is 4. The summed E-state index contributed by atoms with van der Waals surface area (Å²) in [5.41, 5.74) is -0.0546. The lowest BCUT2D eigenvalue weighted by molar-refractivity contribution is 0.0519. The molecule has 0 aromatic heterocycles. The highest BCUT2D eigenvalue weighted by Gasteiger charge is 2.36. The Kier molecular flexibility index (Phi) is 17.8. The summed E-state index contributed by atoms with van der Waals surface area (Å²) in [4.78, 5) is 41.6. The molecule has 2 atom stereocenters. The van der Waals surface area contributed by atoms with E-state index in [4.69, 9.17) is 47.0 Å². The summed E-state index contributed by atoms with van der Waals surface area (Å²) in [6.07, 6.45) is -2.11. The molecule has 28 heteroatoms. The van der Waals surface area contributed by atoms with Crippen LogP contribution in [-0.4, -0.2) is 125 Å². The zero-order valence-electron chi connectivity index (χ0n) is 34.4. The number of anilines is 2. The molecule has 2 heterocycles. The molecule has 2 amide bonds. The minimum atomic E-state index is -4.94. The van der Waals surface area contributed by atoms with Crippen molar-refractivity contribution >= 4 is 81.6 Å². The van der Waals surface area contributed by atoms with Gasteiger partial charge in [0.2, 0.25) is 20.0 Å². The number of nitrogens with one attached hydrogen (secondary N) is 2. The molecule has 66 heavy (non-hydrogen) atoms. The molecule has 0 saturated carbocycles. The van der Waals surface area contributed by atoms with Gasteiger partial charge in [-0.1, -0.05) is 23.2 Å². The van der Waals surface area contributed by atoms with Crippen LogP contribution in [0.1, 0.15) is 20.7 Å². The van der Waals surface area contributed by atoms with Crippen molar-refractivity contribution < 1.29 is 81.4 Å². The molecule has 2 unspecified atom stereocenters. The van der Waals surface area contributed by atoms with Gasteiger partial charge >= 0.3 is 7.82 Å². The third kappa shape index (κ3) is 14.6. The van der Waals surface area contributed by atoms with E-state index < -0.39 is 98.9 Å². The molecule has 0 spiro atoms. The number of ether oxygens (including phenoxy) is 2. The molecule has 360 valence electrons. The summed E-state index contributed by atoms with van der Waals surface area (Å²) in [6.45, 7) is 1.40. The summed E-state index contributed by atoms with van der Waals surface area (Å²) in [6, 6.07) is 12.5. The maximum absolute atomic E-state index is 14.6. The number of phosphoric acid groups is 1. The monoisotopic (exact) mass is 1050 g/mol. The van der Waals surface area contributed by atoms with E-state index in [9.17, 15) is 53.1 Å². The number of carbonyl (C=O) groups is 2. The Hall–Kier alpha value is -3.84. The van der Waals surface area contributed by atoms with E-state index in [0.29, 0.717) is 0 Å². The van der Waals surface area contributed by atoms with Crippen LogP contribution in [0.4, 0.5) is 28.9 Å². The van der Waals surface area contributed by atoms with E-state index in [2.05, 4.69) is 15.2 Å². The lowest BCUT2D eigenvalue weighted by Gasteiger charge is -2.24. The van der Waals surface area contributed by atoms with E-state index in [0.717, 1.165) is 63.2 Å². The zero-order chi connectivity index (χ0) is 48.8. The van der Waals surface area contributed by atoms with Gasteiger partial charge in [-0.2, -0.15) is 8.61 Å². The van der Waals surface area contributed by atoms with Gasteiger partial charge in [0.15, 0.2) is 7.37 Å². The van der Waals surface area contributed by atoms with Gasteiger partial charge in [-0.15, -0.1) is 0 Å². The Balaban J connectivity index is 0.000000247. The van der Waals surface area contributed by atoms with Gasteiger partial charge in [-0.05, 0) is 72.8 Å². The Morgan fingerprint density at radius 1 is 0.652 bits per heavy atom. The number of carbonyl (C=O) groups excluding carboxylic acids is 2. The largest absolute Gasteiger partial charge is 0.469 e. The van der Waals surface area contributed by atoms with Gasteiger partial charge in [-0.25, -0.2) is 39.0 Å². The summed E-state index contributed by atoms with van der Waals surface area (Å²) >= 11 is 11.4. The van der Waals surface area contributed by atoms with Gasteiger partial charge in [0.1, 0.15) is 45.3 Å². The maximum Gasteiger partial charge on any atom is 0.469 e. The number of phosphoric ester groups is 1. The van der Waals surface area contributed by atoms with Gasteiger partial charge in [0, 0.05) is 62.0 Å². The lowest BCUT2D eigenvalue weighted by atomic mass is 10.2. The first-order chi connectivity index (χ1) is 30.7. The summed E-state index contributed by atoms with van der Waals surface area (Å²) in [7, 11) is -16.8. The molecule has 2 saturated heterocycles. The quantitative estimate of drug-likeness (QED) is 0.0915. The third-order valence-electron chi connectivity index (χ3n) is 9.06. The van der Waals surface area contributed by atoms with E-state index in [-0.39, 0.29) is 78.6 Å². The first-order valence-electron chi connectivity index (χ1n) is 19.0. The van der Waals surface area contributed by atoms with E-state index in [1.54, 1.807) is 0 Å². The fraction of sp³-hybridized carbons (Fsp3) is 0.316. The van der Waals surface area contributed by atoms with Gasteiger partial charge < -0.3 is 34.4 Å². The summed E-state index contributed by atoms with van der Waals surface area (Å²) in [5.74, 6) is -5.11. The Bertz CT molecular complexity index is 2600. The average Bonchev–Trinajstić information content (AvgIpc) is 3.61. The first-order valence-corrected chi connectivity index (χ1v) is 26.7. The van der Waals surface area contributed by atoms with Crippen molar-refractivity contribution in [3.05, 3.63) is 117 Å². The SMILES string of the molecule is CP(C)(=O)OC1COCCN(S(=O)(=O)c2cc(C(=O)Nc3ccc(F)c(Cl)c3)ccc2F)C1.O=C(Nc1ccc(F)c(Cl)c1)c1ccc(F)c(S(=O)(=O)N2CCOCC(OP(=O)(O)O)C2)c1. The van der Waals surface area contributed by atoms with Crippen LogP contribution in [0, 0.1) is 23.3 Å². The number of rotatable bonds is 12. The molecule has 2 aliphatic rings. The van der Waals surface area contributed by atoms with Crippen molar-refractivity contribution in [3.63, 3.8) is 0 Å². The number of halogens is 6. The third-order valence-corrected chi connectivity index (χ3v) is 14.8. The Morgan fingerprint density at radius 2 is 1.03 bits per heavy atom. The number of hydrogen-bond acceptors (Lipinski definition) is 12. The first kappa shape index (κ1) is 53.1. The van der Waals surface area contributed by atoms with Crippen LogP contribution < -0.4 is 10.6 Å². The molecule has 6 rings (SSSR count). The Morgan fingerprint density at radius 3 is 1.39 bits per heavy atom. The van der Waals surface area contributed by atoms with Crippen LogP contribution in [-0.2, 0) is 47.7 Å². The normalized spacial score (nSPS) is 18.0. The second-order valence-corrected chi connectivity index (χ2v) is 23.1. The van der Waals surface area contributed by atoms with Crippen LogP contribution in [0.25, 0.3) is 0 Å². The predicted molar refractivity (Wildman–Crippen MR) is 232 cm³/mol. The molecule has 0 radical (unpaired) electrons. The highest BCUT2D eigenvalue weighted by molar-refractivity contribution is 7.89. The number of sulfonamides is 2. The van der Waals surface area contributed by atoms with Crippen LogP contribution in [0.5, 0.6) is 0 Å². The summed E-state index contributed by atoms with van der Waals surface area (Å²) < 4.78 is 154. The van der Waals surface area contributed by atoms with Crippen molar-refractivity contribution in [2.24, 2.45) is 0 Å². The fourth-order valence-electron chi connectivity index (χ4n) is 6.14. The zero-order valence-corrected chi connectivity index (χ0v) is 39.3. The maximum atomic E-state index is 14.6. The molecule has 4 N–H and O–H groups in total. The topological polar surface area (TPSA) is 244 Å². The second kappa shape index (κ2) is 22.1. The average molecular weight is 1050 g/mol. The van der Waals surface area contributed by atoms with E-state index in [1.165, 1.54) is 31.5 Å². The molecular formula is C38H40Cl2F4N4O14P2S2. The van der Waals surface area contributed by atoms with Crippen molar-refractivity contribution in [3.8, 4) is 0 Å². The molecule has 4 aromatic carbocycles. The van der Waals surface area contributed by atoms with E-state index >= 15 is 0 Å². The van der Waals surface area contributed by atoms with Crippen LogP contribution in [0.3, 0.4) is 0 Å². The Labute approximate surface area is 385 Å². The van der Waals surface area contributed by atoms with Crippen molar-refractivity contribution in [2.45, 2.75) is 22.0 Å². The minimum Gasteiger partial charge on any atom is -0.377 e. The number of amides is 2. The highest BCUT2D eigenvalue weighted by atomic mass is 35.5. The van der Waals surface area contributed by atoms with Gasteiger partial charge in [-0.3, -0.25) is 18.7 Å². The highest BCUT2D eigenvalue weighted by Crippen LogP contribution is 2.40. The van der Waals surface area contributed by atoms with Gasteiger partial charge in [0.25, 0.3) is 11.8 Å². The molecular weight excluding hydrogens is 1010 g/mol. The number of hydrogen-bond donors (Lipinski definition) is 4. The van der Waals surface area contributed by atoms with Crippen molar-refractivity contribution in [1.82, 2.24) is 8.61 Å².